The summed E-state index contributed by atoms with van der Waals surface area (Å²) in [5.74, 6) is -0.390. The van der Waals surface area contributed by atoms with Gasteiger partial charge in [0.25, 0.3) is 5.91 Å². The second-order valence-electron chi connectivity index (χ2n) is 8.14. The molecule has 0 aliphatic rings. The van der Waals surface area contributed by atoms with Crippen LogP contribution in [0.3, 0.4) is 0 Å². The number of aryl methyl sites for hydroxylation is 1. The molecule has 1 aromatic carbocycles. The number of aromatic nitrogens is 4. The SMILES string of the molecule is CCc1ccc2[nH]/c(=N\C(=O)c3ccnc(-c4cccnc4)c3)n(CC(C)(C)O)c2c1. The molecule has 7 nitrogen and oxygen atoms in total. The Labute approximate surface area is 180 Å². The molecule has 158 valence electrons. The molecule has 0 unspecified atom stereocenters. The fraction of sp³-hybridized carbons (Fsp3) is 0.250. The van der Waals surface area contributed by atoms with Crippen molar-refractivity contribution in [3.63, 3.8) is 0 Å². The molecule has 0 atom stereocenters. The lowest BCUT2D eigenvalue weighted by molar-refractivity contribution is 0.0612. The lowest BCUT2D eigenvalue weighted by atomic mass is 10.1. The summed E-state index contributed by atoms with van der Waals surface area (Å²) in [6.07, 6.45) is 5.88. The highest BCUT2D eigenvalue weighted by atomic mass is 16.3. The van der Waals surface area contributed by atoms with Crippen molar-refractivity contribution in [3.05, 3.63) is 77.8 Å². The zero-order valence-electron chi connectivity index (χ0n) is 17.8. The third-order valence-corrected chi connectivity index (χ3v) is 4.98. The highest BCUT2D eigenvalue weighted by molar-refractivity contribution is 5.95. The van der Waals surface area contributed by atoms with Gasteiger partial charge >= 0.3 is 0 Å². The van der Waals surface area contributed by atoms with E-state index < -0.39 is 5.60 Å². The number of pyridine rings is 2. The number of imidazole rings is 1. The van der Waals surface area contributed by atoms with Crippen LogP contribution in [0.25, 0.3) is 22.3 Å². The molecule has 4 rings (SSSR count). The van der Waals surface area contributed by atoms with Crippen LogP contribution in [0.2, 0.25) is 0 Å². The fourth-order valence-corrected chi connectivity index (χ4v) is 3.46. The van der Waals surface area contributed by atoms with Crippen LogP contribution in [0.1, 0.15) is 36.7 Å². The van der Waals surface area contributed by atoms with Crippen LogP contribution in [-0.2, 0) is 13.0 Å². The van der Waals surface area contributed by atoms with E-state index in [1.165, 1.54) is 5.56 Å². The first-order valence-electron chi connectivity index (χ1n) is 10.2. The van der Waals surface area contributed by atoms with Gasteiger partial charge in [0.2, 0.25) is 5.62 Å². The van der Waals surface area contributed by atoms with E-state index in [1.807, 2.05) is 28.8 Å². The van der Waals surface area contributed by atoms with Crippen molar-refractivity contribution < 1.29 is 9.90 Å². The molecule has 1 amide bonds. The topological polar surface area (TPSA) is 96.2 Å². The predicted molar refractivity (Wildman–Crippen MR) is 119 cm³/mol. The van der Waals surface area contributed by atoms with Gasteiger partial charge in [-0.2, -0.15) is 4.99 Å². The smallest absolute Gasteiger partial charge is 0.280 e. The summed E-state index contributed by atoms with van der Waals surface area (Å²) < 4.78 is 1.86. The van der Waals surface area contributed by atoms with Crippen molar-refractivity contribution in [3.8, 4) is 11.3 Å². The summed E-state index contributed by atoms with van der Waals surface area (Å²) in [7, 11) is 0. The van der Waals surface area contributed by atoms with Gasteiger partial charge in [0.05, 0.1) is 28.9 Å². The average molecular weight is 415 g/mol. The number of nitrogens with one attached hydrogen (secondary N) is 1. The molecular formula is C24H25N5O2. The molecule has 0 fully saturated rings. The lowest BCUT2D eigenvalue weighted by Crippen LogP contribution is -2.32. The molecule has 31 heavy (non-hydrogen) atoms. The van der Waals surface area contributed by atoms with Gasteiger partial charge in [-0.25, -0.2) is 0 Å². The minimum atomic E-state index is -0.973. The molecular weight excluding hydrogens is 390 g/mol. The van der Waals surface area contributed by atoms with Gasteiger partial charge in [-0.05, 0) is 62.2 Å². The van der Waals surface area contributed by atoms with Crippen LogP contribution >= 0.6 is 0 Å². The minimum absolute atomic E-state index is 0.295. The van der Waals surface area contributed by atoms with Crippen LogP contribution in [-0.4, -0.2) is 36.1 Å². The largest absolute Gasteiger partial charge is 0.389 e. The van der Waals surface area contributed by atoms with Gasteiger partial charge in [-0.1, -0.05) is 13.0 Å². The monoisotopic (exact) mass is 415 g/mol. The van der Waals surface area contributed by atoms with Gasteiger partial charge in [0.15, 0.2) is 0 Å². The number of hydrogen-bond donors (Lipinski definition) is 2. The van der Waals surface area contributed by atoms with E-state index >= 15 is 0 Å². The van der Waals surface area contributed by atoms with Gasteiger partial charge < -0.3 is 14.7 Å². The number of hydrogen-bond acceptors (Lipinski definition) is 4. The van der Waals surface area contributed by atoms with Crippen molar-refractivity contribution in [1.29, 1.82) is 0 Å². The highest BCUT2D eigenvalue weighted by Crippen LogP contribution is 2.18. The molecule has 7 heteroatoms. The molecule has 3 aromatic heterocycles. The van der Waals surface area contributed by atoms with E-state index in [4.69, 9.17) is 0 Å². The first-order chi connectivity index (χ1) is 14.8. The molecule has 2 N–H and O–H groups in total. The second-order valence-corrected chi connectivity index (χ2v) is 8.14. The first-order valence-corrected chi connectivity index (χ1v) is 10.2. The zero-order chi connectivity index (χ0) is 22.0. The van der Waals surface area contributed by atoms with Crippen molar-refractivity contribution in [1.82, 2.24) is 19.5 Å². The molecule has 0 spiro atoms. The molecule has 0 saturated heterocycles. The number of carbonyl (C=O) groups is 1. The molecule has 0 bridgehead atoms. The molecule has 3 heterocycles. The van der Waals surface area contributed by atoms with Crippen LogP contribution in [0.5, 0.6) is 0 Å². The number of nitrogens with zero attached hydrogens (tertiary/aromatic N) is 4. The lowest BCUT2D eigenvalue weighted by Gasteiger charge is -2.18. The summed E-state index contributed by atoms with van der Waals surface area (Å²) in [4.78, 5) is 29.0. The Morgan fingerprint density at radius 3 is 2.74 bits per heavy atom. The van der Waals surface area contributed by atoms with Crippen LogP contribution < -0.4 is 5.62 Å². The van der Waals surface area contributed by atoms with Gasteiger partial charge in [-0.3, -0.25) is 14.8 Å². The van der Waals surface area contributed by atoms with E-state index in [9.17, 15) is 9.90 Å². The zero-order valence-corrected chi connectivity index (χ0v) is 17.8. The van der Waals surface area contributed by atoms with Crippen molar-refractivity contribution in [2.75, 3.05) is 0 Å². The van der Waals surface area contributed by atoms with Gasteiger partial charge in [0.1, 0.15) is 0 Å². The summed E-state index contributed by atoms with van der Waals surface area (Å²) in [6, 6.07) is 13.2. The summed E-state index contributed by atoms with van der Waals surface area (Å²) >= 11 is 0. The highest BCUT2D eigenvalue weighted by Gasteiger charge is 2.18. The quantitative estimate of drug-likeness (QED) is 0.521. The van der Waals surface area contributed by atoms with Crippen molar-refractivity contribution in [2.24, 2.45) is 4.99 Å². The van der Waals surface area contributed by atoms with Gasteiger partial charge in [-0.15, -0.1) is 0 Å². The standard InChI is InChI=1S/C24H25N5O2/c1-4-16-7-8-19-21(12-16)29(15-24(2,3)31)23(27-19)28-22(30)17-9-11-26-20(13-17)18-6-5-10-25-14-18/h5-14,31H,4,15H2,1-3H3,(H,27,28,30). The van der Waals surface area contributed by atoms with Crippen molar-refractivity contribution >= 4 is 16.9 Å². The van der Waals surface area contributed by atoms with E-state index in [0.717, 1.165) is 23.0 Å². The Morgan fingerprint density at radius 2 is 2.03 bits per heavy atom. The molecule has 0 aliphatic carbocycles. The third kappa shape index (κ3) is 4.62. The summed E-state index contributed by atoms with van der Waals surface area (Å²) in [6.45, 7) is 5.85. The number of aliphatic hydroxyl groups is 1. The number of amides is 1. The second kappa shape index (κ2) is 8.28. The number of carbonyl (C=O) groups excluding carboxylic acids is 1. The number of fused-ring (bicyclic) bond motifs is 1. The Balaban J connectivity index is 1.80. The van der Waals surface area contributed by atoms with Crippen LogP contribution in [0.15, 0.2) is 66.0 Å². The Kier molecular flexibility index (Phi) is 5.52. The average Bonchev–Trinajstić information content (AvgIpc) is 3.09. The Bertz CT molecular complexity index is 1300. The minimum Gasteiger partial charge on any atom is -0.389 e. The maximum Gasteiger partial charge on any atom is 0.280 e. The van der Waals surface area contributed by atoms with Crippen LogP contribution in [0, 0.1) is 0 Å². The molecule has 0 saturated carbocycles. The van der Waals surface area contributed by atoms with Gasteiger partial charge in [0, 0.05) is 29.7 Å². The van der Waals surface area contributed by atoms with Crippen molar-refractivity contribution in [2.45, 2.75) is 39.3 Å². The van der Waals surface area contributed by atoms with E-state index in [-0.39, 0.29) is 5.91 Å². The van der Waals surface area contributed by atoms with E-state index in [2.05, 4.69) is 32.9 Å². The number of H-pyrrole nitrogens is 1. The predicted octanol–water partition coefficient (Wildman–Crippen LogP) is 3.50. The number of rotatable bonds is 5. The molecule has 4 aromatic rings. The number of aromatic amines is 1. The van der Waals surface area contributed by atoms with E-state index in [0.29, 0.717) is 23.4 Å². The maximum atomic E-state index is 13.0. The van der Waals surface area contributed by atoms with Crippen LogP contribution in [0.4, 0.5) is 0 Å². The third-order valence-electron chi connectivity index (χ3n) is 4.98. The Hall–Kier alpha value is -3.58. The van der Waals surface area contributed by atoms with E-state index in [1.54, 1.807) is 44.6 Å². The first kappa shape index (κ1) is 20.7. The fourth-order valence-electron chi connectivity index (χ4n) is 3.46. The maximum absolute atomic E-state index is 13.0. The summed E-state index contributed by atoms with van der Waals surface area (Å²) in [5, 5.41) is 10.4. The number of benzene rings is 1. The normalized spacial score (nSPS) is 12.5. The Morgan fingerprint density at radius 1 is 1.19 bits per heavy atom. The molecule has 0 radical (unpaired) electrons. The summed E-state index contributed by atoms with van der Waals surface area (Å²) in [5.41, 5.74) is 4.27. The molecule has 0 aliphatic heterocycles.